The largest absolute Gasteiger partial charge is 0.453 e. The molecule has 2 unspecified atom stereocenters. The summed E-state index contributed by atoms with van der Waals surface area (Å²) in [5.74, 6) is -0.861. The summed E-state index contributed by atoms with van der Waals surface area (Å²) >= 11 is 6.47. The number of nitrogens with zero attached hydrogens (tertiary/aromatic N) is 2. The van der Waals surface area contributed by atoms with Gasteiger partial charge in [-0.2, -0.15) is 0 Å². The number of carbonyl (C=O) groups is 3. The van der Waals surface area contributed by atoms with E-state index in [1.807, 2.05) is 62.4 Å². The maximum Gasteiger partial charge on any atom is 0.407 e. The third-order valence-corrected chi connectivity index (χ3v) is 5.95. The van der Waals surface area contributed by atoms with Crippen LogP contribution in [0.2, 0.25) is 0 Å². The molecule has 1 heterocycles. The maximum atomic E-state index is 13.3. The molecule has 2 aromatic rings. The Bertz CT molecular complexity index is 967. The number of ether oxygens (including phenoxy) is 1. The first-order chi connectivity index (χ1) is 15.3. The molecule has 0 aliphatic carbocycles. The Hall–Kier alpha value is -3.06. The van der Waals surface area contributed by atoms with Crippen LogP contribution in [0.1, 0.15) is 26.7 Å². The van der Waals surface area contributed by atoms with Gasteiger partial charge in [-0.05, 0) is 42.0 Å². The Morgan fingerprint density at radius 2 is 1.78 bits per heavy atom. The van der Waals surface area contributed by atoms with Gasteiger partial charge >= 0.3 is 6.09 Å². The van der Waals surface area contributed by atoms with E-state index in [2.05, 4.69) is 10.1 Å². The first-order valence-electron chi connectivity index (χ1n) is 10.6. The monoisotopic (exact) mass is 457 g/mol. The summed E-state index contributed by atoms with van der Waals surface area (Å²) in [6, 6.07) is 15.7. The molecule has 0 bridgehead atoms. The van der Waals surface area contributed by atoms with Gasteiger partial charge in [0.05, 0.1) is 12.8 Å². The van der Waals surface area contributed by atoms with Crippen molar-refractivity contribution in [2.24, 2.45) is 5.92 Å². The number of methoxy groups -OCH3 is 1. The van der Waals surface area contributed by atoms with Crippen molar-refractivity contribution in [3.05, 3.63) is 54.6 Å². The molecule has 1 N–H and O–H groups in total. The molecule has 3 rings (SSSR count). The number of hydrogen-bond acceptors (Lipinski definition) is 4. The van der Waals surface area contributed by atoms with Gasteiger partial charge in [-0.15, -0.1) is 0 Å². The molecule has 0 radical (unpaired) electrons. The highest BCUT2D eigenvalue weighted by Crippen LogP contribution is 2.29. The van der Waals surface area contributed by atoms with Crippen LogP contribution in [-0.2, 0) is 14.3 Å². The summed E-state index contributed by atoms with van der Waals surface area (Å²) in [5, 5.41) is 2.58. The van der Waals surface area contributed by atoms with Crippen molar-refractivity contribution >= 4 is 35.4 Å². The van der Waals surface area contributed by atoms with Crippen molar-refractivity contribution in [2.75, 3.05) is 18.1 Å². The highest BCUT2D eigenvalue weighted by atomic mass is 35.5. The normalized spacial score (nSPS) is 16.5. The molecular formula is C24H28ClN3O4. The number of halogens is 1. The SMILES string of the molecule is COC(=O)NC(C(=O)N1CCCC1C(=O)N(Cl)c1cccc(-c2ccccc2)c1)C(C)C. The van der Waals surface area contributed by atoms with Crippen molar-refractivity contribution in [1.29, 1.82) is 0 Å². The summed E-state index contributed by atoms with van der Waals surface area (Å²) in [6.45, 7) is 4.08. The zero-order valence-corrected chi connectivity index (χ0v) is 19.2. The molecule has 3 amide bonds. The van der Waals surface area contributed by atoms with Crippen LogP contribution in [0, 0.1) is 5.92 Å². The van der Waals surface area contributed by atoms with Crippen molar-refractivity contribution in [1.82, 2.24) is 10.2 Å². The van der Waals surface area contributed by atoms with Crippen LogP contribution < -0.4 is 9.74 Å². The molecule has 1 saturated heterocycles. The molecule has 0 spiro atoms. The zero-order chi connectivity index (χ0) is 23.3. The van der Waals surface area contributed by atoms with E-state index in [4.69, 9.17) is 11.8 Å². The van der Waals surface area contributed by atoms with E-state index in [-0.39, 0.29) is 17.7 Å². The highest BCUT2D eigenvalue weighted by molar-refractivity contribution is 6.37. The van der Waals surface area contributed by atoms with Gasteiger partial charge in [0.25, 0.3) is 5.91 Å². The quantitative estimate of drug-likeness (QED) is 0.659. The fourth-order valence-electron chi connectivity index (χ4n) is 3.86. The minimum absolute atomic E-state index is 0.174. The highest BCUT2D eigenvalue weighted by Gasteiger charge is 2.40. The molecule has 7 nitrogen and oxygen atoms in total. The average Bonchev–Trinajstić information content (AvgIpc) is 3.31. The van der Waals surface area contributed by atoms with Gasteiger partial charge in [0, 0.05) is 18.3 Å². The average molecular weight is 458 g/mol. The first kappa shape index (κ1) is 23.6. The van der Waals surface area contributed by atoms with Gasteiger partial charge in [0.15, 0.2) is 0 Å². The number of rotatable bonds is 6. The number of likely N-dealkylation sites (tertiary alicyclic amines) is 1. The Morgan fingerprint density at radius 3 is 2.44 bits per heavy atom. The molecule has 0 aromatic heterocycles. The lowest BCUT2D eigenvalue weighted by atomic mass is 10.0. The van der Waals surface area contributed by atoms with Crippen LogP contribution in [0.15, 0.2) is 54.6 Å². The molecule has 1 fully saturated rings. The van der Waals surface area contributed by atoms with Gasteiger partial charge in [-0.25, -0.2) is 9.21 Å². The van der Waals surface area contributed by atoms with E-state index in [1.54, 1.807) is 6.07 Å². The lowest BCUT2D eigenvalue weighted by Gasteiger charge is -2.31. The fraction of sp³-hybridized carbons (Fsp3) is 0.375. The number of alkyl carbamates (subject to hydrolysis) is 1. The molecule has 170 valence electrons. The van der Waals surface area contributed by atoms with Gasteiger partial charge in [-0.1, -0.05) is 56.3 Å². The number of anilines is 1. The second-order valence-electron chi connectivity index (χ2n) is 8.08. The molecular weight excluding hydrogens is 430 g/mol. The van der Waals surface area contributed by atoms with E-state index in [9.17, 15) is 14.4 Å². The smallest absolute Gasteiger partial charge is 0.407 e. The number of hydrogen-bond donors (Lipinski definition) is 1. The summed E-state index contributed by atoms with van der Waals surface area (Å²) in [5.41, 5.74) is 2.48. The van der Waals surface area contributed by atoms with E-state index in [0.717, 1.165) is 15.5 Å². The Morgan fingerprint density at radius 1 is 1.09 bits per heavy atom. The third kappa shape index (κ3) is 5.22. The Kier molecular flexibility index (Phi) is 7.75. The van der Waals surface area contributed by atoms with Crippen molar-refractivity contribution in [3.8, 4) is 11.1 Å². The summed E-state index contributed by atoms with van der Waals surface area (Å²) in [7, 11) is 1.24. The first-order valence-corrected chi connectivity index (χ1v) is 11.0. The second kappa shape index (κ2) is 10.5. The van der Waals surface area contributed by atoms with Crippen molar-refractivity contribution in [3.63, 3.8) is 0 Å². The number of benzene rings is 2. The van der Waals surface area contributed by atoms with Crippen LogP contribution in [0.3, 0.4) is 0 Å². The Labute approximate surface area is 193 Å². The molecule has 32 heavy (non-hydrogen) atoms. The van der Waals surface area contributed by atoms with Crippen LogP contribution in [0.5, 0.6) is 0 Å². The molecule has 0 saturated carbocycles. The van der Waals surface area contributed by atoms with Crippen molar-refractivity contribution in [2.45, 2.75) is 38.8 Å². The number of amides is 3. The van der Waals surface area contributed by atoms with Crippen molar-refractivity contribution < 1.29 is 19.1 Å². The second-order valence-corrected chi connectivity index (χ2v) is 8.42. The molecule has 2 atom stereocenters. The van der Waals surface area contributed by atoms with Crippen LogP contribution in [-0.4, -0.2) is 48.5 Å². The van der Waals surface area contributed by atoms with E-state index < -0.39 is 18.2 Å². The summed E-state index contributed by atoms with van der Waals surface area (Å²) < 4.78 is 5.73. The topological polar surface area (TPSA) is 79.0 Å². The third-order valence-electron chi connectivity index (χ3n) is 5.59. The van der Waals surface area contributed by atoms with E-state index in [0.29, 0.717) is 25.1 Å². The summed E-state index contributed by atoms with van der Waals surface area (Å²) in [6.07, 6.45) is 0.505. The predicted molar refractivity (Wildman–Crippen MR) is 124 cm³/mol. The van der Waals surface area contributed by atoms with Crippen LogP contribution in [0.4, 0.5) is 10.5 Å². The number of nitrogens with one attached hydrogen (secondary N) is 1. The van der Waals surface area contributed by atoms with Gasteiger partial charge in [0.2, 0.25) is 5.91 Å². The zero-order valence-electron chi connectivity index (χ0n) is 18.5. The Balaban J connectivity index is 1.79. The minimum atomic E-state index is -0.791. The van der Waals surface area contributed by atoms with Gasteiger partial charge < -0.3 is 15.0 Å². The lowest BCUT2D eigenvalue weighted by Crippen LogP contribution is -2.55. The molecule has 1 aliphatic heterocycles. The predicted octanol–water partition coefficient (Wildman–Crippen LogP) is 4.21. The van der Waals surface area contributed by atoms with Gasteiger partial charge in [0.1, 0.15) is 12.1 Å². The molecule has 8 heteroatoms. The molecule has 2 aromatic carbocycles. The lowest BCUT2D eigenvalue weighted by molar-refractivity contribution is -0.139. The maximum absolute atomic E-state index is 13.3. The van der Waals surface area contributed by atoms with Crippen LogP contribution >= 0.6 is 11.8 Å². The minimum Gasteiger partial charge on any atom is -0.453 e. The van der Waals surface area contributed by atoms with E-state index >= 15 is 0 Å². The standard InChI is InChI=1S/C24H28ClN3O4/c1-16(2)21(26-24(31)32-3)23(30)27-14-8-13-20(27)22(29)28(25)19-12-7-11-18(15-19)17-9-5-4-6-10-17/h4-7,9-12,15-16,20-21H,8,13-14H2,1-3H3,(H,26,31). The van der Waals surface area contributed by atoms with Crippen LogP contribution in [0.25, 0.3) is 11.1 Å². The number of carbonyl (C=O) groups excluding carboxylic acids is 3. The fourth-order valence-corrected chi connectivity index (χ4v) is 4.08. The van der Waals surface area contributed by atoms with E-state index in [1.165, 1.54) is 12.0 Å². The molecule has 1 aliphatic rings. The summed E-state index contributed by atoms with van der Waals surface area (Å²) in [4.78, 5) is 39.7. The van der Waals surface area contributed by atoms with Gasteiger partial charge in [-0.3, -0.25) is 9.59 Å².